The van der Waals surface area contributed by atoms with E-state index >= 15 is 0 Å². The van der Waals surface area contributed by atoms with Gasteiger partial charge < -0.3 is 4.98 Å². The molecule has 0 spiro atoms. The molecule has 1 nitrogen and oxygen atoms in total. The first kappa shape index (κ1) is 15.7. The van der Waals surface area contributed by atoms with E-state index in [-0.39, 0.29) is 0 Å². The van der Waals surface area contributed by atoms with Gasteiger partial charge in [0.1, 0.15) is 0 Å². The van der Waals surface area contributed by atoms with Crippen LogP contribution in [0, 0.1) is 27.7 Å². The van der Waals surface area contributed by atoms with Crippen LogP contribution in [0.3, 0.4) is 0 Å². The molecule has 128 valence electrons. The number of rotatable bonds is 2. The minimum Gasteiger partial charge on any atom is -0.367 e. The Hall–Kier alpha value is -1.58. The molecule has 0 saturated heterocycles. The molecule has 0 amide bonds. The van der Waals surface area contributed by atoms with E-state index in [1.54, 1.807) is 22.3 Å². The number of aryl methyl sites for hydroxylation is 4. The van der Waals surface area contributed by atoms with Crippen molar-refractivity contribution in [3.8, 4) is 0 Å². The van der Waals surface area contributed by atoms with E-state index in [9.17, 15) is 0 Å². The zero-order chi connectivity index (χ0) is 17.3. The Bertz CT molecular complexity index is 932. The summed E-state index contributed by atoms with van der Waals surface area (Å²) < 4.78 is 0. The quantitative estimate of drug-likeness (QED) is 0.505. The normalized spacial score (nSPS) is 21.9. The van der Waals surface area contributed by atoms with Crippen molar-refractivity contribution in [3.63, 3.8) is 0 Å². The first-order chi connectivity index (χ1) is 12.0. The van der Waals surface area contributed by atoms with Crippen molar-refractivity contribution in [2.75, 3.05) is 0 Å². The minimum atomic E-state index is 0.550. The Labute approximate surface area is 157 Å². The highest BCUT2D eigenvalue weighted by atomic mass is 32.1. The second-order valence-electron chi connectivity index (χ2n) is 7.53. The van der Waals surface area contributed by atoms with Gasteiger partial charge in [-0.25, -0.2) is 0 Å². The maximum Gasteiger partial charge on any atom is 0.0117 e. The first-order valence-electron chi connectivity index (χ1n) is 9.10. The molecule has 0 saturated carbocycles. The topological polar surface area (TPSA) is 15.8 Å². The van der Waals surface area contributed by atoms with Crippen molar-refractivity contribution in [3.05, 3.63) is 66.3 Å². The molecule has 0 aliphatic heterocycles. The van der Waals surface area contributed by atoms with Gasteiger partial charge in [0.25, 0.3) is 0 Å². The summed E-state index contributed by atoms with van der Waals surface area (Å²) in [6, 6.07) is 4.86. The summed E-state index contributed by atoms with van der Waals surface area (Å²) in [5.41, 5.74) is 9.33. The van der Waals surface area contributed by atoms with Crippen molar-refractivity contribution >= 4 is 33.8 Å². The number of hydrogen-bond acceptors (Lipinski definition) is 2. The monoisotopic (exact) mass is 365 g/mol. The molecule has 0 fully saturated rings. The van der Waals surface area contributed by atoms with E-state index in [2.05, 4.69) is 57.2 Å². The smallest absolute Gasteiger partial charge is 0.0117 e. The van der Waals surface area contributed by atoms with Crippen LogP contribution in [0.4, 0.5) is 0 Å². The van der Waals surface area contributed by atoms with Gasteiger partial charge in [-0.05, 0) is 86.1 Å². The van der Waals surface area contributed by atoms with E-state index in [1.165, 1.54) is 43.5 Å². The number of nitrogens with one attached hydrogen (secondary N) is 1. The van der Waals surface area contributed by atoms with Gasteiger partial charge >= 0.3 is 0 Å². The molecular weight excluding hydrogens is 342 g/mol. The molecule has 2 atom stereocenters. The predicted octanol–water partition coefficient (Wildman–Crippen LogP) is 6.96. The van der Waals surface area contributed by atoms with E-state index in [0.29, 0.717) is 11.8 Å². The SMILES string of the molecule is Cc1cc(C2=C(c3cc(C)sc3C)[C@@H]3CC[C@H]2c2c[nH]cc23)c(C)s1. The van der Waals surface area contributed by atoms with Crippen molar-refractivity contribution in [1.29, 1.82) is 0 Å². The van der Waals surface area contributed by atoms with Gasteiger partial charge in [0.2, 0.25) is 0 Å². The summed E-state index contributed by atoms with van der Waals surface area (Å²) in [5.74, 6) is 1.10. The Balaban J connectivity index is 1.84. The number of aromatic amines is 1. The predicted molar refractivity (Wildman–Crippen MR) is 110 cm³/mol. The lowest BCUT2D eigenvalue weighted by Crippen LogP contribution is -2.23. The number of H-pyrrole nitrogens is 1. The molecule has 0 unspecified atom stereocenters. The largest absolute Gasteiger partial charge is 0.367 e. The lowest BCUT2D eigenvalue weighted by molar-refractivity contribution is 0.581. The fourth-order valence-electron chi connectivity index (χ4n) is 5.07. The maximum absolute atomic E-state index is 3.40. The second kappa shape index (κ2) is 5.46. The average molecular weight is 366 g/mol. The molecule has 2 bridgehead atoms. The molecule has 3 aromatic rings. The fraction of sp³-hybridized carbons (Fsp3) is 0.364. The van der Waals surface area contributed by atoms with Crippen LogP contribution < -0.4 is 0 Å². The average Bonchev–Trinajstić information content (AvgIpc) is 3.26. The molecule has 3 aliphatic rings. The third-order valence-electron chi connectivity index (χ3n) is 5.96. The Kier molecular flexibility index (Phi) is 3.42. The molecule has 6 rings (SSSR count). The van der Waals surface area contributed by atoms with Crippen LogP contribution in [0.2, 0.25) is 0 Å². The van der Waals surface area contributed by atoms with Crippen LogP contribution in [0.5, 0.6) is 0 Å². The lowest BCUT2D eigenvalue weighted by atomic mass is 9.62. The van der Waals surface area contributed by atoms with Crippen LogP contribution in [-0.4, -0.2) is 4.98 Å². The highest BCUT2D eigenvalue weighted by Gasteiger charge is 2.41. The maximum atomic E-state index is 3.40. The lowest BCUT2D eigenvalue weighted by Gasteiger charge is -2.41. The molecule has 3 heteroatoms. The summed E-state index contributed by atoms with van der Waals surface area (Å²) in [7, 11) is 0. The molecule has 0 radical (unpaired) electrons. The molecule has 3 aromatic heterocycles. The molecule has 3 heterocycles. The first-order valence-corrected chi connectivity index (χ1v) is 10.7. The Morgan fingerprint density at radius 2 is 1.20 bits per heavy atom. The van der Waals surface area contributed by atoms with Crippen molar-refractivity contribution in [1.82, 2.24) is 4.98 Å². The van der Waals surface area contributed by atoms with Crippen LogP contribution >= 0.6 is 22.7 Å². The molecule has 3 aliphatic carbocycles. The van der Waals surface area contributed by atoms with Crippen LogP contribution in [0.25, 0.3) is 11.1 Å². The van der Waals surface area contributed by atoms with Crippen LogP contribution in [-0.2, 0) is 0 Å². The van der Waals surface area contributed by atoms with Crippen molar-refractivity contribution in [2.45, 2.75) is 52.4 Å². The van der Waals surface area contributed by atoms with E-state index in [1.807, 2.05) is 22.7 Å². The summed E-state index contributed by atoms with van der Waals surface area (Å²) in [6.45, 7) is 9.07. The third-order valence-corrected chi connectivity index (χ3v) is 7.89. The van der Waals surface area contributed by atoms with Gasteiger partial charge in [0.05, 0.1) is 0 Å². The highest BCUT2D eigenvalue weighted by molar-refractivity contribution is 7.12. The van der Waals surface area contributed by atoms with Gasteiger partial charge in [0.15, 0.2) is 0 Å². The summed E-state index contributed by atoms with van der Waals surface area (Å²) >= 11 is 3.88. The van der Waals surface area contributed by atoms with Crippen LogP contribution in [0.15, 0.2) is 24.5 Å². The van der Waals surface area contributed by atoms with Gasteiger partial charge in [0, 0.05) is 43.7 Å². The number of thiophene rings is 2. The van der Waals surface area contributed by atoms with E-state index in [4.69, 9.17) is 0 Å². The Morgan fingerprint density at radius 1 is 0.760 bits per heavy atom. The summed E-state index contributed by atoms with van der Waals surface area (Å²) in [5, 5.41) is 0. The third kappa shape index (κ3) is 2.18. The molecule has 25 heavy (non-hydrogen) atoms. The fourth-order valence-corrected chi connectivity index (χ4v) is 6.95. The molecule has 0 aromatic carbocycles. The summed E-state index contributed by atoms with van der Waals surface area (Å²) in [4.78, 5) is 9.20. The number of aromatic nitrogens is 1. The Morgan fingerprint density at radius 3 is 1.56 bits per heavy atom. The minimum absolute atomic E-state index is 0.550. The van der Waals surface area contributed by atoms with E-state index in [0.717, 1.165) is 0 Å². The van der Waals surface area contributed by atoms with E-state index < -0.39 is 0 Å². The van der Waals surface area contributed by atoms with Gasteiger partial charge in [-0.2, -0.15) is 0 Å². The molecular formula is C22H23NS2. The van der Waals surface area contributed by atoms with Gasteiger partial charge in [-0.3, -0.25) is 0 Å². The standard InChI is InChI=1S/C22H23NS2/c1-11-7-17(13(3)24-11)21-15-5-6-16(20-10-23-9-19(15)20)22(21)18-8-12(2)25-14(18)4/h7-10,15-16,23H,5-6H2,1-4H3/t15-,16+. The van der Waals surface area contributed by atoms with Gasteiger partial charge in [-0.1, -0.05) is 0 Å². The number of allylic oxidation sites excluding steroid dienone is 2. The second-order valence-corrected chi connectivity index (χ2v) is 10.5. The zero-order valence-electron chi connectivity index (χ0n) is 15.2. The van der Waals surface area contributed by atoms with Crippen molar-refractivity contribution in [2.24, 2.45) is 0 Å². The van der Waals surface area contributed by atoms with Crippen LogP contribution in [0.1, 0.15) is 66.4 Å². The molecule has 1 N–H and O–H groups in total. The summed E-state index contributed by atoms with van der Waals surface area (Å²) in [6.07, 6.45) is 7.07. The highest BCUT2D eigenvalue weighted by Crippen LogP contribution is 2.60. The van der Waals surface area contributed by atoms with Crippen molar-refractivity contribution < 1.29 is 0 Å². The zero-order valence-corrected chi connectivity index (χ0v) is 16.8. The van der Waals surface area contributed by atoms with Gasteiger partial charge in [-0.15, -0.1) is 22.7 Å². The number of hydrogen-bond donors (Lipinski definition) is 1. The number of fused-ring (bicyclic) bond motifs is 1.